The fraction of sp³-hybridized carbons (Fsp3) is 0.200. The summed E-state index contributed by atoms with van der Waals surface area (Å²) in [6.07, 6.45) is 1.85. The molecule has 102 valence electrons. The van der Waals surface area contributed by atoms with Gasteiger partial charge in [0.25, 0.3) is 0 Å². The van der Waals surface area contributed by atoms with Gasteiger partial charge >= 0.3 is 0 Å². The van der Waals surface area contributed by atoms with Crippen molar-refractivity contribution in [1.82, 2.24) is 14.8 Å². The number of anilines is 1. The summed E-state index contributed by atoms with van der Waals surface area (Å²) in [4.78, 5) is 5.50. The third kappa shape index (κ3) is 2.25. The number of aromatic nitrogens is 3. The van der Waals surface area contributed by atoms with Crippen LogP contribution >= 0.6 is 11.8 Å². The molecule has 4 nitrogen and oxygen atoms in total. The van der Waals surface area contributed by atoms with Gasteiger partial charge in [-0.3, -0.25) is 9.67 Å². The number of nitrogens with two attached hydrogens (primary N) is 1. The van der Waals surface area contributed by atoms with Crippen molar-refractivity contribution in [2.45, 2.75) is 23.8 Å². The van der Waals surface area contributed by atoms with Crippen LogP contribution in [0.3, 0.4) is 0 Å². The Balaban J connectivity index is 2.14. The highest BCUT2D eigenvalue weighted by Gasteiger charge is 2.09. The van der Waals surface area contributed by atoms with Crippen molar-refractivity contribution < 1.29 is 0 Å². The molecular formula is C15H16N4S. The van der Waals surface area contributed by atoms with Gasteiger partial charge in [0, 0.05) is 40.3 Å². The van der Waals surface area contributed by atoms with Gasteiger partial charge in [0.05, 0.1) is 10.7 Å². The Morgan fingerprint density at radius 1 is 1.10 bits per heavy atom. The van der Waals surface area contributed by atoms with Crippen LogP contribution in [-0.2, 0) is 7.05 Å². The maximum absolute atomic E-state index is 6.04. The van der Waals surface area contributed by atoms with Crippen LogP contribution in [0.4, 0.5) is 5.69 Å². The van der Waals surface area contributed by atoms with E-state index in [4.69, 9.17) is 5.73 Å². The lowest BCUT2D eigenvalue weighted by Gasteiger charge is -2.09. The van der Waals surface area contributed by atoms with Crippen molar-refractivity contribution >= 4 is 28.2 Å². The van der Waals surface area contributed by atoms with Crippen molar-refractivity contribution in [3.63, 3.8) is 0 Å². The molecule has 0 saturated carbocycles. The molecule has 2 heterocycles. The number of fused-ring (bicyclic) bond motifs is 1. The van der Waals surface area contributed by atoms with Crippen LogP contribution in [0.15, 0.2) is 40.4 Å². The summed E-state index contributed by atoms with van der Waals surface area (Å²) in [5.74, 6) is 0. The summed E-state index contributed by atoms with van der Waals surface area (Å²) in [5.41, 5.74) is 8.81. The Bertz CT molecular complexity index is 792. The molecule has 0 amide bonds. The molecule has 2 N–H and O–H groups in total. The Morgan fingerprint density at radius 2 is 1.90 bits per heavy atom. The Kier molecular flexibility index (Phi) is 3.14. The number of hydrogen-bond acceptors (Lipinski definition) is 4. The molecule has 3 rings (SSSR count). The Labute approximate surface area is 122 Å². The average Bonchev–Trinajstić information content (AvgIpc) is 2.71. The largest absolute Gasteiger partial charge is 0.398 e. The third-order valence-electron chi connectivity index (χ3n) is 3.20. The number of nitrogens with zero attached hydrogens (tertiary/aromatic N) is 3. The first-order chi connectivity index (χ1) is 9.54. The predicted molar refractivity (Wildman–Crippen MR) is 83.0 cm³/mol. The lowest BCUT2D eigenvalue weighted by atomic mass is 10.1. The molecule has 20 heavy (non-hydrogen) atoms. The van der Waals surface area contributed by atoms with E-state index in [0.29, 0.717) is 0 Å². The number of rotatable bonds is 2. The van der Waals surface area contributed by atoms with Crippen LogP contribution in [-0.4, -0.2) is 14.8 Å². The molecule has 0 spiro atoms. The van der Waals surface area contributed by atoms with Crippen molar-refractivity contribution in [2.24, 2.45) is 7.05 Å². The summed E-state index contributed by atoms with van der Waals surface area (Å²) >= 11 is 1.70. The van der Waals surface area contributed by atoms with Crippen molar-refractivity contribution in [1.29, 1.82) is 0 Å². The lowest BCUT2D eigenvalue weighted by molar-refractivity contribution is 0.692. The normalized spacial score (nSPS) is 11.2. The van der Waals surface area contributed by atoms with Gasteiger partial charge in [0.1, 0.15) is 0 Å². The second kappa shape index (κ2) is 4.83. The fourth-order valence-electron chi connectivity index (χ4n) is 2.22. The van der Waals surface area contributed by atoms with Crippen molar-refractivity contribution in [2.75, 3.05) is 5.73 Å². The molecule has 0 radical (unpaired) electrons. The second-order valence-corrected chi connectivity index (χ2v) is 5.94. The SMILES string of the molecule is Cc1cc2c(Sc3cc(C)nn3C)ccc(N)c2cn1. The Morgan fingerprint density at radius 3 is 2.60 bits per heavy atom. The van der Waals surface area contributed by atoms with E-state index in [0.717, 1.165) is 32.9 Å². The van der Waals surface area contributed by atoms with E-state index in [1.54, 1.807) is 11.8 Å². The highest BCUT2D eigenvalue weighted by molar-refractivity contribution is 7.99. The van der Waals surface area contributed by atoms with Gasteiger partial charge in [0.15, 0.2) is 0 Å². The van der Waals surface area contributed by atoms with E-state index < -0.39 is 0 Å². The molecule has 0 aliphatic rings. The maximum atomic E-state index is 6.04. The van der Waals surface area contributed by atoms with Gasteiger partial charge in [0.2, 0.25) is 0 Å². The van der Waals surface area contributed by atoms with Crippen LogP contribution < -0.4 is 5.73 Å². The standard InChI is InChI=1S/C15H16N4S/c1-9-6-11-12(8-17-9)13(16)4-5-14(11)20-15-7-10(2)18-19(15)3/h4-8H,16H2,1-3H3. The fourth-order valence-corrected chi connectivity index (χ4v) is 3.27. The quantitative estimate of drug-likeness (QED) is 0.733. The van der Waals surface area contributed by atoms with Crippen LogP contribution in [0, 0.1) is 13.8 Å². The van der Waals surface area contributed by atoms with Crippen molar-refractivity contribution in [3.8, 4) is 0 Å². The second-order valence-electron chi connectivity index (χ2n) is 4.87. The molecule has 5 heteroatoms. The summed E-state index contributed by atoms with van der Waals surface area (Å²) in [5, 5.41) is 7.63. The number of nitrogen functional groups attached to an aromatic ring is 1. The predicted octanol–water partition coefficient (Wildman–Crippen LogP) is 3.32. The summed E-state index contributed by atoms with van der Waals surface area (Å²) in [6.45, 7) is 3.99. The third-order valence-corrected chi connectivity index (χ3v) is 4.37. The molecule has 0 unspecified atom stereocenters. The number of benzene rings is 1. The van der Waals surface area contributed by atoms with Crippen molar-refractivity contribution in [3.05, 3.63) is 41.9 Å². The first-order valence-corrected chi connectivity index (χ1v) is 7.19. The molecule has 1 aromatic carbocycles. The van der Waals surface area contributed by atoms with Gasteiger partial charge in [-0.25, -0.2) is 0 Å². The zero-order valence-electron chi connectivity index (χ0n) is 11.7. The molecule has 0 bridgehead atoms. The molecule has 0 aliphatic carbocycles. The van der Waals surface area contributed by atoms with E-state index in [1.165, 1.54) is 4.90 Å². The van der Waals surface area contributed by atoms with E-state index in [1.807, 2.05) is 37.8 Å². The molecule has 0 aliphatic heterocycles. The van der Waals surface area contributed by atoms with E-state index in [9.17, 15) is 0 Å². The van der Waals surface area contributed by atoms with E-state index in [2.05, 4.69) is 28.3 Å². The van der Waals surface area contributed by atoms with Gasteiger partial charge in [-0.2, -0.15) is 5.10 Å². The van der Waals surface area contributed by atoms with Crippen LogP contribution in [0.25, 0.3) is 10.8 Å². The van der Waals surface area contributed by atoms with Gasteiger partial charge < -0.3 is 5.73 Å². The minimum atomic E-state index is 0.762. The summed E-state index contributed by atoms with van der Waals surface area (Å²) in [6, 6.07) is 8.16. The van der Waals surface area contributed by atoms with Crippen LogP contribution in [0.1, 0.15) is 11.4 Å². The van der Waals surface area contributed by atoms with Gasteiger partial charge in [-0.15, -0.1) is 0 Å². The number of hydrogen-bond donors (Lipinski definition) is 1. The van der Waals surface area contributed by atoms with Crippen LogP contribution in [0.5, 0.6) is 0 Å². The smallest absolute Gasteiger partial charge is 0.0987 e. The first-order valence-electron chi connectivity index (χ1n) is 6.38. The first kappa shape index (κ1) is 13.0. The molecule has 3 aromatic rings. The van der Waals surface area contributed by atoms with E-state index >= 15 is 0 Å². The minimum absolute atomic E-state index is 0.762. The molecule has 2 aromatic heterocycles. The zero-order valence-corrected chi connectivity index (χ0v) is 12.5. The average molecular weight is 284 g/mol. The Hall–Kier alpha value is -2.01. The molecular weight excluding hydrogens is 268 g/mol. The highest BCUT2D eigenvalue weighted by atomic mass is 32.2. The summed E-state index contributed by atoms with van der Waals surface area (Å²) in [7, 11) is 1.96. The van der Waals surface area contributed by atoms with Crippen LogP contribution in [0.2, 0.25) is 0 Å². The van der Waals surface area contributed by atoms with Gasteiger partial charge in [-0.1, -0.05) is 11.8 Å². The van der Waals surface area contributed by atoms with Gasteiger partial charge in [-0.05, 0) is 38.1 Å². The summed E-state index contributed by atoms with van der Waals surface area (Å²) < 4.78 is 1.90. The zero-order chi connectivity index (χ0) is 14.3. The number of aryl methyl sites for hydroxylation is 3. The van der Waals surface area contributed by atoms with E-state index in [-0.39, 0.29) is 0 Å². The molecule has 0 atom stereocenters. The monoisotopic (exact) mass is 284 g/mol. The lowest BCUT2D eigenvalue weighted by Crippen LogP contribution is -1.94. The topological polar surface area (TPSA) is 56.7 Å². The highest BCUT2D eigenvalue weighted by Crippen LogP contribution is 2.35. The number of pyridine rings is 1. The molecule has 0 saturated heterocycles. The molecule has 0 fully saturated rings. The minimum Gasteiger partial charge on any atom is -0.398 e. The maximum Gasteiger partial charge on any atom is 0.0987 e.